The molecule has 23 heavy (non-hydrogen) atoms. The van der Waals surface area contributed by atoms with E-state index < -0.39 is 0 Å². The number of rotatable bonds is 4. The van der Waals surface area contributed by atoms with Crippen LogP contribution in [0.25, 0.3) is 0 Å². The van der Waals surface area contributed by atoms with Gasteiger partial charge in [0.1, 0.15) is 0 Å². The Morgan fingerprint density at radius 1 is 1.52 bits per heavy atom. The van der Waals surface area contributed by atoms with Crippen molar-refractivity contribution in [1.82, 2.24) is 14.9 Å². The molecule has 0 saturated carbocycles. The third-order valence-corrected chi connectivity index (χ3v) is 5.53. The van der Waals surface area contributed by atoms with E-state index >= 15 is 0 Å². The van der Waals surface area contributed by atoms with Crippen LogP contribution in [0.4, 0.5) is 0 Å². The summed E-state index contributed by atoms with van der Waals surface area (Å²) in [5, 5.41) is 0.725. The summed E-state index contributed by atoms with van der Waals surface area (Å²) in [6.45, 7) is 8.89. The van der Waals surface area contributed by atoms with Crippen molar-refractivity contribution in [3.05, 3.63) is 45.4 Å². The Morgan fingerprint density at radius 2 is 2.35 bits per heavy atom. The molecular formula is C18H25N3OS. The van der Waals surface area contributed by atoms with Gasteiger partial charge in [0.25, 0.3) is 5.56 Å². The van der Waals surface area contributed by atoms with E-state index in [9.17, 15) is 4.79 Å². The molecule has 0 bridgehead atoms. The maximum absolute atomic E-state index is 12.2. The smallest absolute Gasteiger partial charge is 0.256 e. The van der Waals surface area contributed by atoms with Crippen LogP contribution in [0.2, 0.25) is 0 Å². The first-order valence-corrected chi connectivity index (χ1v) is 9.51. The van der Waals surface area contributed by atoms with Gasteiger partial charge >= 0.3 is 0 Å². The number of hydrogen-bond acceptors (Lipinski definition) is 4. The van der Waals surface area contributed by atoms with Crippen molar-refractivity contribution in [2.24, 2.45) is 5.92 Å². The van der Waals surface area contributed by atoms with Crippen LogP contribution >= 0.6 is 11.8 Å². The Labute approximate surface area is 142 Å². The van der Waals surface area contributed by atoms with E-state index in [1.54, 1.807) is 0 Å². The molecular weight excluding hydrogens is 306 g/mol. The molecule has 0 amide bonds. The Bertz CT molecular complexity index is 692. The molecule has 0 aromatic carbocycles. The fraction of sp³-hybridized carbons (Fsp3) is 0.556. The van der Waals surface area contributed by atoms with Gasteiger partial charge in [-0.3, -0.25) is 9.69 Å². The standard InChI is InChI=1S/C18H25N3OS/c1-12(2)14-6-4-13(5-7-14)10-21-9-8-16-15(11-21)17(22)20-18(19-16)23-3/h4,14H,1,5-11H2,2-3H3,(H,19,20,22). The number of nitrogens with one attached hydrogen (secondary N) is 1. The number of nitrogens with zero attached hydrogens (tertiary/aromatic N) is 2. The van der Waals surface area contributed by atoms with Gasteiger partial charge in [-0.25, -0.2) is 4.98 Å². The summed E-state index contributed by atoms with van der Waals surface area (Å²) in [5.74, 6) is 0.651. The number of aromatic amines is 1. The maximum atomic E-state index is 12.2. The molecule has 1 unspecified atom stereocenters. The summed E-state index contributed by atoms with van der Waals surface area (Å²) in [5.41, 5.74) is 4.68. The average Bonchev–Trinajstić information content (AvgIpc) is 2.55. The number of allylic oxidation sites excluding steroid dienone is 2. The van der Waals surface area contributed by atoms with E-state index in [1.807, 2.05) is 6.26 Å². The second kappa shape index (κ2) is 7.05. The lowest BCUT2D eigenvalue weighted by atomic mass is 9.85. The molecule has 3 rings (SSSR count). The minimum absolute atomic E-state index is 0.0315. The zero-order chi connectivity index (χ0) is 16.4. The first-order valence-electron chi connectivity index (χ1n) is 8.28. The van der Waals surface area contributed by atoms with Crippen LogP contribution in [0.5, 0.6) is 0 Å². The highest BCUT2D eigenvalue weighted by Gasteiger charge is 2.23. The van der Waals surface area contributed by atoms with Gasteiger partial charge in [0, 0.05) is 26.1 Å². The summed E-state index contributed by atoms with van der Waals surface area (Å²) in [6, 6.07) is 0. The van der Waals surface area contributed by atoms with Gasteiger partial charge in [-0.05, 0) is 38.4 Å². The zero-order valence-corrected chi connectivity index (χ0v) is 14.8. The number of aromatic nitrogens is 2. The van der Waals surface area contributed by atoms with Crippen molar-refractivity contribution in [3.63, 3.8) is 0 Å². The predicted octanol–water partition coefficient (Wildman–Crippen LogP) is 3.15. The highest BCUT2D eigenvalue weighted by Crippen LogP contribution is 2.29. The lowest BCUT2D eigenvalue weighted by molar-refractivity contribution is 0.265. The molecule has 0 radical (unpaired) electrons. The van der Waals surface area contributed by atoms with Gasteiger partial charge < -0.3 is 4.98 Å². The van der Waals surface area contributed by atoms with E-state index in [0.717, 1.165) is 48.8 Å². The fourth-order valence-corrected chi connectivity index (χ4v) is 3.85. The van der Waals surface area contributed by atoms with Crippen LogP contribution in [0, 0.1) is 5.92 Å². The maximum Gasteiger partial charge on any atom is 0.256 e. The van der Waals surface area contributed by atoms with E-state index in [4.69, 9.17) is 0 Å². The first kappa shape index (κ1) is 16.5. The van der Waals surface area contributed by atoms with Crippen molar-refractivity contribution >= 4 is 11.8 Å². The third kappa shape index (κ3) is 3.78. The number of thioether (sulfide) groups is 1. The Morgan fingerprint density at radius 3 is 3.00 bits per heavy atom. The minimum Gasteiger partial charge on any atom is -0.301 e. The Kier molecular flexibility index (Phi) is 5.07. The van der Waals surface area contributed by atoms with Crippen LogP contribution < -0.4 is 5.56 Å². The Balaban J connectivity index is 1.67. The van der Waals surface area contributed by atoms with Gasteiger partial charge in [0.05, 0.1) is 11.3 Å². The third-order valence-electron chi connectivity index (χ3n) is 4.95. The van der Waals surface area contributed by atoms with E-state index in [2.05, 4.69) is 34.4 Å². The predicted molar refractivity (Wildman–Crippen MR) is 95.9 cm³/mol. The molecule has 5 heteroatoms. The van der Waals surface area contributed by atoms with Crippen molar-refractivity contribution in [3.8, 4) is 0 Å². The molecule has 1 aliphatic heterocycles. The Hall–Kier alpha value is -1.33. The molecule has 124 valence electrons. The SMILES string of the molecule is C=C(C)C1CC=C(CN2CCc3nc(SC)[nH]c(=O)c3C2)CC1. The van der Waals surface area contributed by atoms with E-state index in [0.29, 0.717) is 12.5 Å². The van der Waals surface area contributed by atoms with Gasteiger partial charge in [0.2, 0.25) is 0 Å². The van der Waals surface area contributed by atoms with Gasteiger partial charge in [-0.2, -0.15) is 0 Å². The summed E-state index contributed by atoms with van der Waals surface area (Å²) < 4.78 is 0. The van der Waals surface area contributed by atoms with Gasteiger partial charge in [-0.1, -0.05) is 35.6 Å². The number of H-pyrrole nitrogens is 1. The summed E-state index contributed by atoms with van der Waals surface area (Å²) >= 11 is 1.49. The average molecular weight is 331 g/mol. The van der Waals surface area contributed by atoms with Crippen LogP contribution in [0.15, 0.2) is 33.8 Å². The normalized spacial score (nSPS) is 21.7. The molecule has 1 atom stereocenters. The fourth-order valence-electron chi connectivity index (χ4n) is 3.46. The van der Waals surface area contributed by atoms with Gasteiger partial charge in [0.15, 0.2) is 5.16 Å². The zero-order valence-electron chi connectivity index (χ0n) is 14.0. The molecule has 1 aromatic rings. The molecule has 0 spiro atoms. The largest absolute Gasteiger partial charge is 0.301 e. The van der Waals surface area contributed by atoms with Crippen LogP contribution in [-0.2, 0) is 13.0 Å². The summed E-state index contributed by atoms with van der Waals surface area (Å²) in [4.78, 5) is 22.1. The monoisotopic (exact) mass is 331 g/mol. The molecule has 2 aliphatic rings. The molecule has 1 aromatic heterocycles. The molecule has 0 saturated heterocycles. The van der Waals surface area contributed by atoms with Crippen molar-refractivity contribution < 1.29 is 0 Å². The molecule has 2 heterocycles. The van der Waals surface area contributed by atoms with Crippen LogP contribution in [0.3, 0.4) is 0 Å². The highest BCUT2D eigenvalue weighted by atomic mass is 32.2. The van der Waals surface area contributed by atoms with Gasteiger partial charge in [-0.15, -0.1) is 0 Å². The molecule has 0 fully saturated rings. The molecule has 1 N–H and O–H groups in total. The highest BCUT2D eigenvalue weighted by molar-refractivity contribution is 7.98. The minimum atomic E-state index is 0.0315. The van der Waals surface area contributed by atoms with Crippen LogP contribution in [0.1, 0.15) is 37.4 Å². The lowest BCUT2D eigenvalue weighted by Gasteiger charge is -2.30. The van der Waals surface area contributed by atoms with Crippen LogP contribution in [-0.4, -0.2) is 34.2 Å². The van der Waals surface area contributed by atoms with Crippen molar-refractivity contribution in [2.75, 3.05) is 19.3 Å². The second-order valence-electron chi connectivity index (χ2n) is 6.64. The number of hydrogen-bond donors (Lipinski definition) is 1. The van der Waals surface area contributed by atoms with Crippen molar-refractivity contribution in [2.45, 2.75) is 44.3 Å². The summed E-state index contributed by atoms with van der Waals surface area (Å²) in [6.07, 6.45) is 8.68. The second-order valence-corrected chi connectivity index (χ2v) is 7.44. The molecule has 1 aliphatic carbocycles. The van der Waals surface area contributed by atoms with E-state index in [-0.39, 0.29) is 5.56 Å². The summed E-state index contributed by atoms with van der Waals surface area (Å²) in [7, 11) is 0. The van der Waals surface area contributed by atoms with Crippen molar-refractivity contribution in [1.29, 1.82) is 0 Å². The molecule has 4 nitrogen and oxygen atoms in total. The lowest BCUT2D eigenvalue weighted by Crippen LogP contribution is -2.37. The topological polar surface area (TPSA) is 49.0 Å². The quantitative estimate of drug-likeness (QED) is 0.523. The van der Waals surface area contributed by atoms with E-state index in [1.165, 1.54) is 29.3 Å². The number of fused-ring (bicyclic) bond motifs is 1. The first-order chi connectivity index (χ1) is 11.1.